The lowest BCUT2D eigenvalue weighted by molar-refractivity contribution is 0.462. The van der Waals surface area contributed by atoms with Crippen molar-refractivity contribution in [1.82, 2.24) is 0 Å². The summed E-state index contributed by atoms with van der Waals surface area (Å²) in [6, 6.07) is 8.69. The first-order valence-electron chi connectivity index (χ1n) is 5.71. The first kappa shape index (κ1) is 14.0. The molecule has 0 spiro atoms. The first-order chi connectivity index (χ1) is 9.10. The molecule has 0 atom stereocenters. The summed E-state index contributed by atoms with van der Waals surface area (Å²) in [6.07, 6.45) is 0.360. The van der Waals surface area contributed by atoms with E-state index in [4.69, 9.17) is 10.5 Å². The molecule has 0 saturated heterocycles. The highest BCUT2D eigenvalue weighted by Crippen LogP contribution is 2.29. The van der Waals surface area contributed by atoms with Crippen LogP contribution in [0.15, 0.2) is 40.9 Å². The lowest BCUT2D eigenvalue weighted by atomic mass is 10.1. The van der Waals surface area contributed by atoms with Crippen molar-refractivity contribution in [2.75, 3.05) is 6.54 Å². The fraction of sp³-hybridized carbons (Fsp3) is 0.143. The predicted molar refractivity (Wildman–Crippen MR) is 73.3 cm³/mol. The molecule has 0 fully saturated rings. The van der Waals surface area contributed by atoms with Crippen LogP contribution in [0.5, 0.6) is 11.5 Å². The summed E-state index contributed by atoms with van der Waals surface area (Å²) in [7, 11) is 0. The summed E-state index contributed by atoms with van der Waals surface area (Å²) in [5.74, 6) is -0.154. The zero-order valence-corrected chi connectivity index (χ0v) is 11.6. The summed E-state index contributed by atoms with van der Waals surface area (Å²) in [6.45, 7) is 0.310. The van der Waals surface area contributed by atoms with Crippen molar-refractivity contribution in [2.45, 2.75) is 6.42 Å². The van der Waals surface area contributed by atoms with Gasteiger partial charge < -0.3 is 10.5 Å². The van der Waals surface area contributed by atoms with Crippen LogP contribution in [0.25, 0.3) is 0 Å². The minimum absolute atomic E-state index is 0.302. The van der Waals surface area contributed by atoms with Gasteiger partial charge in [-0.1, -0.05) is 22.0 Å². The lowest BCUT2D eigenvalue weighted by Gasteiger charge is -2.11. The van der Waals surface area contributed by atoms with E-state index in [-0.39, 0.29) is 5.82 Å². The number of rotatable bonds is 4. The van der Waals surface area contributed by atoms with Gasteiger partial charge in [-0.15, -0.1) is 0 Å². The van der Waals surface area contributed by atoms with Crippen molar-refractivity contribution >= 4 is 15.9 Å². The second kappa shape index (κ2) is 6.12. The molecule has 0 unspecified atom stereocenters. The van der Waals surface area contributed by atoms with Crippen LogP contribution in [-0.4, -0.2) is 6.54 Å². The van der Waals surface area contributed by atoms with Crippen molar-refractivity contribution in [3.8, 4) is 11.5 Å². The third kappa shape index (κ3) is 3.52. The van der Waals surface area contributed by atoms with Crippen LogP contribution in [0.4, 0.5) is 8.78 Å². The summed E-state index contributed by atoms with van der Waals surface area (Å²) < 4.78 is 33.0. The zero-order chi connectivity index (χ0) is 13.8. The Morgan fingerprint density at radius 3 is 2.63 bits per heavy atom. The molecule has 0 aliphatic heterocycles. The fourth-order valence-electron chi connectivity index (χ4n) is 1.74. The van der Waals surface area contributed by atoms with Gasteiger partial charge in [0.05, 0.1) is 0 Å². The number of benzene rings is 2. The average molecular weight is 328 g/mol. The Balaban J connectivity index is 2.34. The number of ether oxygens (including phenoxy) is 1. The van der Waals surface area contributed by atoms with Gasteiger partial charge in [0, 0.05) is 16.1 Å². The minimum Gasteiger partial charge on any atom is -0.457 e. The summed E-state index contributed by atoms with van der Waals surface area (Å²) in [4.78, 5) is 0. The Bertz CT molecular complexity index is 569. The van der Waals surface area contributed by atoms with Crippen molar-refractivity contribution in [3.05, 3.63) is 58.1 Å². The molecule has 19 heavy (non-hydrogen) atoms. The van der Waals surface area contributed by atoms with E-state index in [1.807, 2.05) is 0 Å². The molecule has 2 aromatic rings. The van der Waals surface area contributed by atoms with Crippen LogP contribution < -0.4 is 10.5 Å². The van der Waals surface area contributed by atoms with Crippen LogP contribution in [0.2, 0.25) is 0 Å². The molecular weight excluding hydrogens is 316 g/mol. The van der Waals surface area contributed by atoms with Crippen molar-refractivity contribution < 1.29 is 13.5 Å². The van der Waals surface area contributed by atoms with E-state index in [1.165, 1.54) is 18.2 Å². The van der Waals surface area contributed by atoms with Gasteiger partial charge in [-0.25, -0.2) is 8.78 Å². The molecule has 2 aromatic carbocycles. The Labute approximate surface area is 118 Å². The lowest BCUT2D eigenvalue weighted by Crippen LogP contribution is -2.06. The average Bonchev–Trinajstić information content (AvgIpc) is 2.32. The normalized spacial score (nSPS) is 10.5. The number of hydrogen-bond donors (Lipinski definition) is 1. The third-order valence-electron chi connectivity index (χ3n) is 2.53. The molecule has 100 valence electrons. The van der Waals surface area contributed by atoms with E-state index in [0.717, 1.165) is 0 Å². The van der Waals surface area contributed by atoms with Gasteiger partial charge in [-0.3, -0.25) is 0 Å². The van der Waals surface area contributed by atoms with Crippen LogP contribution in [0.1, 0.15) is 5.56 Å². The molecule has 0 aliphatic carbocycles. The largest absolute Gasteiger partial charge is 0.457 e. The van der Waals surface area contributed by atoms with Gasteiger partial charge in [0.1, 0.15) is 23.1 Å². The highest BCUT2D eigenvalue weighted by Gasteiger charge is 2.10. The molecular formula is C14H12BrF2NO. The molecule has 5 heteroatoms. The second-order valence-corrected chi connectivity index (χ2v) is 4.88. The Morgan fingerprint density at radius 1 is 1.16 bits per heavy atom. The maximum absolute atomic E-state index is 13.7. The molecule has 2 rings (SSSR count). The molecule has 0 bridgehead atoms. The third-order valence-corrected chi connectivity index (χ3v) is 2.99. The monoisotopic (exact) mass is 327 g/mol. The van der Waals surface area contributed by atoms with E-state index in [1.54, 1.807) is 18.2 Å². The van der Waals surface area contributed by atoms with Gasteiger partial charge in [0.25, 0.3) is 0 Å². The Morgan fingerprint density at radius 2 is 1.95 bits per heavy atom. The zero-order valence-electron chi connectivity index (χ0n) is 10.00. The molecule has 0 aromatic heterocycles. The van der Waals surface area contributed by atoms with Crippen molar-refractivity contribution in [3.63, 3.8) is 0 Å². The topological polar surface area (TPSA) is 35.2 Å². The van der Waals surface area contributed by atoms with Gasteiger partial charge in [-0.05, 0) is 37.2 Å². The van der Waals surface area contributed by atoms with Gasteiger partial charge in [-0.2, -0.15) is 0 Å². The molecule has 0 aliphatic rings. The maximum atomic E-state index is 13.7. The standard InChI is InChI=1S/C14H12BrF2NO/c15-9-6-10(16)8-11(7-9)19-14-3-1-2-13(17)12(14)4-5-18/h1-3,6-8H,4-5,18H2. The predicted octanol–water partition coefficient (Wildman–Crippen LogP) is 4.02. The van der Waals surface area contributed by atoms with E-state index >= 15 is 0 Å². The van der Waals surface area contributed by atoms with Gasteiger partial charge in [0.2, 0.25) is 0 Å². The SMILES string of the molecule is NCCc1c(F)cccc1Oc1cc(F)cc(Br)c1. The van der Waals surface area contributed by atoms with Gasteiger partial charge in [0.15, 0.2) is 0 Å². The summed E-state index contributed by atoms with van der Waals surface area (Å²) in [5, 5.41) is 0. The van der Waals surface area contributed by atoms with E-state index in [0.29, 0.717) is 34.5 Å². The van der Waals surface area contributed by atoms with Crippen LogP contribution in [0, 0.1) is 11.6 Å². The molecule has 0 heterocycles. The highest BCUT2D eigenvalue weighted by atomic mass is 79.9. The molecule has 2 nitrogen and oxygen atoms in total. The van der Waals surface area contributed by atoms with Crippen LogP contribution in [0.3, 0.4) is 0 Å². The fourth-order valence-corrected chi connectivity index (χ4v) is 2.18. The molecule has 0 radical (unpaired) electrons. The summed E-state index contributed by atoms with van der Waals surface area (Å²) >= 11 is 3.18. The molecule has 0 amide bonds. The maximum Gasteiger partial charge on any atom is 0.133 e. The second-order valence-electron chi connectivity index (χ2n) is 3.96. The van der Waals surface area contributed by atoms with Crippen molar-refractivity contribution in [2.24, 2.45) is 5.73 Å². The van der Waals surface area contributed by atoms with E-state index in [9.17, 15) is 8.78 Å². The molecule has 2 N–H and O–H groups in total. The van der Waals surface area contributed by atoms with Crippen molar-refractivity contribution in [1.29, 1.82) is 0 Å². The number of nitrogens with two attached hydrogens (primary N) is 1. The Kier molecular flexibility index (Phi) is 4.50. The smallest absolute Gasteiger partial charge is 0.133 e. The number of halogens is 3. The van der Waals surface area contributed by atoms with E-state index in [2.05, 4.69) is 15.9 Å². The minimum atomic E-state index is -0.429. The summed E-state index contributed by atoms with van der Waals surface area (Å²) in [5.41, 5.74) is 5.84. The quantitative estimate of drug-likeness (QED) is 0.920. The highest BCUT2D eigenvalue weighted by molar-refractivity contribution is 9.10. The Hall–Kier alpha value is -1.46. The van der Waals surface area contributed by atoms with E-state index < -0.39 is 5.82 Å². The van der Waals surface area contributed by atoms with Gasteiger partial charge >= 0.3 is 0 Å². The van der Waals surface area contributed by atoms with Crippen LogP contribution >= 0.6 is 15.9 Å². The molecule has 0 saturated carbocycles. The first-order valence-corrected chi connectivity index (χ1v) is 6.51. The number of hydrogen-bond acceptors (Lipinski definition) is 2. The van der Waals surface area contributed by atoms with Crippen LogP contribution in [-0.2, 0) is 6.42 Å².